The summed E-state index contributed by atoms with van der Waals surface area (Å²) in [5, 5.41) is 15.1. The molecular formula is C21H25N5O5S. The Balaban J connectivity index is 1.74. The van der Waals surface area contributed by atoms with Crippen molar-refractivity contribution in [1.82, 2.24) is 20.2 Å². The van der Waals surface area contributed by atoms with Gasteiger partial charge in [-0.1, -0.05) is 11.8 Å². The molecule has 32 heavy (non-hydrogen) atoms. The van der Waals surface area contributed by atoms with Gasteiger partial charge in [0.25, 0.3) is 0 Å². The van der Waals surface area contributed by atoms with Crippen LogP contribution in [0.3, 0.4) is 0 Å². The number of rotatable bonds is 11. The number of anilines is 1. The molecule has 0 atom stereocenters. The van der Waals surface area contributed by atoms with Gasteiger partial charge >= 0.3 is 0 Å². The SMILES string of the molecule is CCOc1ccc(OCC)c(NC(=O)CSc2nnnn2-c2cc(OC)ccc2OC)c1. The van der Waals surface area contributed by atoms with Crippen molar-refractivity contribution in [2.45, 2.75) is 19.0 Å². The number of hydrogen-bond donors (Lipinski definition) is 1. The van der Waals surface area contributed by atoms with Crippen LogP contribution < -0.4 is 24.3 Å². The number of aromatic nitrogens is 4. The molecule has 1 heterocycles. The smallest absolute Gasteiger partial charge is 0.234 e. The zero-order chi connectivity index (χ0) is 22.9. The number of carbonyl (C=O) groups is 1. The molecule has 0 unspecified atom stereocenters. The first-order chi connectivity index (χ1) is 15.6. The Morgan fingerprint density at radius 3 is 2.47 bits per heavy atom. The fourth-order valence-electron chi connectivity index (χ4n) is 2.84. The highest BCUT2D eigenvalue weighted by Crippen LogP contribution is 2.31. The number of nitrogens with one attached hydrogen (secondary N) is 1. The van der Waals surface area contributed by atoms with Crippen LogP contribution in [-0.2, 0) is 4.79 Å². The van der Waals surface area contributed by atoms with Crippen LogP contribution in [-0.4, -0.2) is 59.3 Å². The summed E-state index contributed by atoms with van der Waals surface area (Å²) in [5.74, 6) is 2.25. The van der Waals surface area contributed by atoms with Crippen LogP contribution in [0.4, 0.5) is 5.69 Å². The Hall–Kier alpha value is -3.47. The summed E-state index contributed by atoms with van der Waals surface area (Å²) in [6.45, 7) is 4.77. The van der Waals surface area contributed by atoms with Crippen molar-refractivity contribution >= 4 is 23.4 Å². The lowest BCUT2D eigenvalue weighted by atomic mass is 10.2. The first-order valence-corrected chi connectivity index (χ1v) is 10.9. The van der Waals surface area contributed by atoms with Crippen molar-refractivity contribution in [3.05, 3.63) is 36.4 Å². The summed E-state index contributed by atoms with van der Waals surface area (Å²) in [4.78, 5) is 12.7. The van der Waals surface area contributed by atoms with E-state index >= 15 is 0 Å². The molecule has 1 amide bonds. The number of nitrogens with zero attached hydrogens (tertiary/aromatic N) is 4. The van der Waals surface area contributed by atoms with E-state index < -0.39 is 0 Å². The van der Waals surface area contributed by atoms with Gasteiger partial charge < -0.3 is 24.3 Å². The molecule has 3 rings (SSSR count). The maximum Gasteiger partial charge on any atom is 0.234 e. The number of carbonyl (C=O) groups excluding carboxylic acids is 1. The molecule has 0 saturated carbocycles. The zero-order valence-corrected chi connectivity index (χ0v) is 19.1. The average Bonchev–Trinajstić information content (AvgIpc) is 3.27. The first kappa shape index (κ1) is 23.2. The van der Waals surface area contributed by atoms with Crippen molar-refractivity contribution in [2.75, 3.05) is 38.5 Å². The lowest BCUT2D eigenvalue weighted by Gasteiger charge is -2.13. The molecule has 0 fully saturated rings. The fraction of sp³-hybridized carbons (Fsp3) is 0.333. The predicted molar refractivity (Wildman–Crippen MR) is 120 cm³/mol. The van der Waals surface area contributed by atoms with Crippen LogP contribution in [0.1, 0.15) is 13.8 Å². The normalized spacial score (nSPS) is 10.5. The van der Waals surface area contributed by atoms with Crippen LogP contribution in [0.2, 0.25) is 0 Å². The number of thioether (sulfide) groups is 1. The van der Waals surface area contributed by atoms with Gasteiger partial charge in [0.15, 0.2) is 0 Å². The quantitative estimate of drug-likeness (QED) is 0.432. The number of tetrazole rings is 1. The lowest BCUT2D eigenvalue weighted by Crippen LogP contribution is -2.15. The van der Waals surface area contributed by atoms with E-state index in [4.69, 9.17) is 18.9 Å². The lowest BCUT2D eigenvalue weighted by molar-refractivity contribution is -0.113. The molecular weight excluding hydrogens is 434 g/mol. The minimum Gasteiger partial charge on any atom is -0.497 e. The van der Waals surface area contributed by atoms with Gasteiger partial charge in [0.05, 0.1) is 38.9 Å². The van der Waals surface area contributed by atoms with Crippen molar-refractivity contribution in [3.63, 3.8) is 0 Å². The molecule has 0 aliphatic carbocycles. The molecule has 170 valence electrons. The number of methoxy groups -OCH3 is 2. The van der Waals surface area contributed by atoms with Crippen molar-refractivity contribution in [1.29, 1.82) is 0 Å². The van der Waals surface area contributed by atoms with Crippen molar-refractivity contribution < 1.29 is 23.7 Å². The molecule has 0 aliphatic heterocycles. The predicted octanol–water partition coefficient (Wildman–Crippen LogP) is 3.21. The Morgan fingerprint density at radius 2 is 1.75 bits per heavy atom. The monoisotopic (exact) mass is 459 g/mol. The molecule has 0 aliphatic rings. The molecule has 10 nitrogen and oxygen atoms in total. The van der Waals surface area contributed by atoms with Gasteiger partial charge in [0, 0.05) is 12.1 Å². The van der Waals surface area contributed by atoms with Gasteiger partial charge in [-0.2, -0.15) is 4.68 Å². The van der Waals surface area contributed by atoms with E-state index in [1.807, 2.05) is 13.8 Å². The Kier molecular flexibility index (Phi) is 8.14. The van der Waals surface area contributed by atoms with Crippen LogP contribution in [0.15, 0.2) is 41.6 Å². The summed E-state index contributed by atoms with van der Waals surface area (Å²) in [6, 6.07) is 10.6. The first-order valence-electron chi connectivity index (χ1n) is 9.92. The third-order valence-electron chi connectivity index (χ3n) is 4.22. The largest absolute Gasteiger partial charge is 0.497 e. The highest BCUT2D eigenvalue weighted by Gasteiger charge is 2.17. The molecule has 2 aromatic carbocycles. The second-order valence-corrected chi connectivity index (χ2v) is 7.21. The minimum atomic E-state index is -0.239. The topological polar surface area (TPSA) is 110 Å². The third-order valence-corrected chi connectivity index (χ3v) is 5.14. The van der Waals surface area contributed by atoms with E-state index in [2.05, 4.69) is 20.8 Å². The molecule has 11 heteroatoms. The van der Waals surface area contributed by atoms with Crippen LogP contribution >= 0.6 is 11.8 Å². The van der Waals surface area contributed by atoms with E-state index in [0.29, 0.717) is 52.7 Å². The average molecular weight is 460 g/mol. The zero-order valence-electron chi connectivity index (χ0n) is 18.3. The van der Waals surface area contributed by atoms with E-state index in [9.17, 15) is 4.79 Å². The summed E-state index contributed by atoms with van der Waals surface area (Å²) in [5.41, 5.74) is 1.14. The van der Waals surface area contributed by atoms with Gasteiger partial charge in [0.2, 0.25) is 11.1 Å². The number of amides is 1. The van der Waals surface area contributed by atoms with Gasteiger partial charge in [0.1, 0.15) is 28.7 Å². The number of benzene rings is 2. The maximum atomic E-state index is 12.7. The number of ether oxygens (including phenoxy) is 4. The van der Waals surface area contributed by atoms with Crippen LogP contribution in [0.25, 0.3) is 5.69 Å². The van der Waals surface area contributed by atoms with Gasteiger partial charge in [-0.25, -0.2) is 0 Å². The molecule has 0 saturated heterocycles. The molecule has 0 spiro atoms. The summed E-state index contributed by atoms with van der Waals surface area (Å²) in [6.07, 6.45) is 0. The second kappa shape index (κ2) is 11.2. The van der Waals surface area contributed by atoms with Gasteiger partial charge in [-0.3, -0.25) is 4.79 Å². The summed E-state index contributed by atoms with van der Waals surface area (Å²) >= 11 is 1.19. The molecule has 3 aromatic rings. The Morgan fingerprint density at radius 1 is 1.00 bits per heavy atom. The third kappa shape index (κ3) is 5.61. The van der Waals surface area contributed by atoms with E-state index in [1.54, 1.807) is 50.6 Å². The molecule has 0 radical (unpaired) electrons. The highest BCUT2D eigenvalue weighted by molar-refractivity contribution is 7.99. The van der Waals surface area contributed by atoms with Crippen molar-refractivity contribution in [2.24, 2.45) is 0 Å². The van der Waals surface area contributed by atoms with E-state index in [-0.39, 0.29) is 11.7 Å². The highest BCUT2D eigenvalue weighted by atomic mass is 32.2. The van der Waals surface area contributed by atoms with Gasteiger partial charge in [-0.15, -0.1) is 5.10 Å². The van der Waals surface area contributed by atoms with Crippen LogP contribution in [0, 0.1) is 0 Å². The fourth-order valence-corrected chi connectivity index (χ4v) is 3.53. The van der Waals surface area contributed by atoms with Gasteiger partial charge in [-0.05, 0) is 48.5 Å². The molecule has 0 bridgehead atoms. The molecule has 1 N–H and O–H groups in total. The van der Waals surface area contributed by atoms with E-state index in [1.165, 1.54) is 16.4 Å². The summed E-state index contributed by atoms with van der Waals surface area (Å²) in [7, 11) is 3.13. The maximum absolute atomic E-state index is 12.7. The molecule has 1 aromatic heterocycles. The second-order valence-electron chi connectivity index (χ2n) is 6.27. The summed E-state index contributed by atoms with van der Waals surface area (Å²) < 4.78 is 23.3. The van der Waals surface area contributed by atoms with E-state index in [0.717, 1.165) is 0 Å². The minimum absolute atomic E-state index is 0.0804. The standard InChI is InChI=1S/C21H25N5O5S/c1-5-30-15-8-9-18(31-6-2)16(11-15)22-20(27)13-32-21-23-24-25-26(21)17-12-14(28-3)7-10-19(17)29-4/h7-12H,5-6,13H2,1-4H3,(H,22,27). The Labute approximate surface area is 190 Å². The van der Waals surface area contributed by atoms with Crippen molar-refractivity contribution in [3.8, 4) is 28.7 Å². The number of hydrogen-bond acceptors (Lipinski definition) is 9. The Bertz CT molecular complexity index is 1060. The van der Waals surface area contributed by atoms with Crippen LogP contribution in [0.5, 0.6) is 23.0 Å².